The average molecular weight is 268 g/mol. The van der Waals surface area contributed by atoms with Gasteiger partial charge in [0.05, 0.1) is 23.6 Å². The summed E-state index contributed by atoms with van der Waals surface area (Å²) in [7, 11) is 0. The van der Waals surface area contributed by atoms with E-state index >= 15 is 0 Å². The van der Waals surface area contributed by atoms with Gasteiger partial charge in [0.2, 0.25) is 5.69 Å². The Hall–Kier alpha value is -1.57. The van der Waals surface area contributed by atoms with Crippen molar-refractivity contribution in [2.75, 3.05) is 0 Å². The monoisotopic (exact) mass is 267 g/mol. The molecule has 18 heavy (non-hydrogen) atoms. The summed E-state index contributed by atoms with van der Waals surface area (Å²) >= 11 is 6.02. The van der Waals surface area contributed by atoms with E-state index in [2.05, 4.69) is 4.85 Å². The molecule has 0 fully saturated rings. The fourth-order valence-corrected chi connectivity index (χ4v) is 1.95. The van der Waals surface area contributed by atoms with Gasteiger partial charge in [0.15, 0.2) is 0 Å². The lowest BCUT2D eigenvalue weighted by atomic mass is 9.92. The number of nitrogens with zero attached hydrogens (tertiary/aromatic N) is 1. The predicted octanol–water partition coefficient (Wildman–Crippen LogP) is 2.82. The van der Waals surface area contributed by atoms with Crippen LogP contribution >= 0.6 is 11.6 Å². The Kier molecular flexibility index (Phi) is 4.71. The van der Waals surface area contributed by atoms with E-state index in [9.17, 15) is 9.90 Å². The lowest BCUT2D eigenvalue weighted by Gasteiger charge is -2.17. The van der Waals surface area contributed by atoms with Crippen LogP contribution in [0.2, 0.25) is 5.02 Å². The molecule has 0 aromatic heterocycles. The Morgan fingerprint density at radius 1 is 1.56 bits per heavy atom. The SMILES string of the molecule is [C-]#[N+]c1ccc(C[C@@H](C(=O)O)[C@H](C)O)c(C)c1Cl. The van der Waals surface area contributed by atoms with E-state index in [1.54, 1.807) is 19.1 Å². The molecule has 0 amide bonds. The van der Waals surface area contributed by atoms with Crippen LogP contribution < -0.4 is 0 Å². The summed E-state index contributed by atoms with van der Waals surface area (Å²) < 4.78 is 0. The average Bonchev–Trinajstić information content (AvgIpc) is 2.30. The summed E-state index contributed by atoms with van der Waals surface area (Å²) in [6.45, 7) is 10.1. The van der Waals surface area contributed by atoms with Crippen molar-refractivity contribution >= 4 is 23.3 Å². The van der Waals surface area contributed by atoms with Crippen molar-refractivity contribution in [2.24, 2.45) is 5.92 Å². The summed E-state index contributed by atoms with van der Waals surface area (Å²) in [4.78, 5) is 14.3. The highest BCUT2D eigenvalue weighted by Gasteiger charge is 2.24. The smallest absolute Gasteiger partial charge is 0.309 e. The minimum atomic E-state index is -1.05. The van der Waals surface area contributed by atoms with Gasteiger partial charge in [-0.2, -0.15) is 0 Å². The second-order valence-corrected chi connectivity index (χ2v) is 4.56. The molecule has 0 radical (unpaired) electrons. The zero-order valence-electron chi connectivity index (χ0n) is 10.1. The second-order valence-electron chi connectivity index (χ2n) is 4.18. The molecule has 0 bridgehead atoms. The quantitative estimate of drug-likeness (QED) is 0.825. The van der Waals surface area contributed by atoms with Gasteiger partial charge in [0, 0.05) is 0 Å². The number of aliphatic hydroxyl groups is 1. The summed E-state index contributed by atoms with van der Waals surface area (Å²) in [5.41, 5.74) is 1.78. The number of hydrogen-bond acceptors (Lipinski definition) is 2. The maximum Gasteiger partial charge on any atom is 0.309 e. The van der Waals surface area contributed by atoms with Crippen LogP contribution in [0.25, 0.3) is 4.85 Å². The van der Waals surface area contributed by atoms with Gasteiger partial charge in [0.25, 0.3) is 0 Å². The third kappa shape index (κ3) is 3.00. The summed E-state index contributed by atoms with van der Waals surface area (Å²) in [5, 5.41) is 18.8. The molecule has 0 spiro atoms. The Balaban J connectivity index is 3.09. The number of aliphatic hydroxyl groups excluding tert-OH is 1. The standard InChI is InChI=1S/C13H14ClNO3/c1-7-9(4-5-11(15-3)12(7)14)6-10(8(2)16)13(17)18/h4-5,8,10,16H,6H2,1-2H3,(H,17,18)/t8-,10+/m0/s1. The molecule has 4 nitrogen and oxygen atoms in total. The number of carbonyl (C=O) groups is 1. The van der Waals surface area contributed by atoms with Crippen molar-refractivity contribution in [3.05, 3.63) is 39.7 Å². The number of benzene rings is 1. The maximum absolute atomic E-state index is 11.0. The lowest BCUT2D eigenvalue weighted by molar-refractivity contribution is -0.145. The van der Waals surface area contributed by atoms with Crippen molar-refractivity contribution in [3.8, 4) is 0 Å². The third-order valence-corrected chi connectivity index (χ3v) is 3.42. The fourth-order valence-electron chi connectivity index (χ4n) is 1.72. The Morgan fingerprint density at radius 2 is 2.17 bits per heavy atom. The van der Waals surface area contributed by atoms with Gasteiger partial charge in [-0.25, -0.2) is 4.85 Å². The summed E-state index contributed by atoms with van der Waals surface area (Å²) in [6, 6.07) is 3.26. The summed E-state index contributed by atoms with van der Waals surface area (Å²) in [5.74, 6) is -1.92. The van der Waals surface area contributed by atoms with Gasteiger partial charge < -0.3 is 10.2 Å². The van der Waals surface area contributed by atoms with Crippen LogP contribution in [0.4, 0.5) is 5.69 Å². The number of halogens is 1. The van der Waals surface area contributed by atoms with E-state index in [0.29, 0.717) is 16.3 Å². The van der Waals surface area contributed by atoms with E-state index in [-0.39, 0.29) is 6.42 Å². The van der Waals surface area contributed by atoms with Gasteiger partial charge in [-0.05, 0) is 31.4 Å². The lowest BCUT2D eigenvalue weighted by Crippen LogP contribution is -2.27. The Bertz CT molecular complexity index is 506. The number of rotatable bonds is 4. The molecule has 1 rings (SSSR count). The van der Waals surface area contributed by atoms with E-state index < -0.39 is 18.0 Å². The van der Waals surface area contributed by atoms with E-state index in [1.807, 2.05) is 0 Å². The molecule has 1 aromatic rings. The fraction of sp³-hybridized carbons (Fsp3) is 0.385. The molecular formula is C13H14ClNO3. The molecule has 5 heteroatoms. The zero-order valence-corrected chi connectivity index (χ0v) is 10.9. The van der Waals surface area contributed by atoms with Crippen molar-refractivity contribution in [3.63, 3.8) is 0 Å². The van der Waals surface area contributed by atoms with Gasteiger partial charge in [0.1, 0.15) is 0 Å². The van der Waals surface area contributed by atoms with Crippen LogP contribution in [0.15, 0.2) is 12.1 Å². The first-order valence-corrected chi connectivity index (χ1v) is 5.82. The minimum Gasteiger partial charge on any atom is -0.481 e. The molecule has 0 aliphatic heterocycles. The van der Waals surface area contributed by atoms with Crippen LogP contribution in [-0.4, -0.2) is 22.3 Å². The number of carboxylic acid groups (broad SMARTS) is 1. The Morgan fingerprint density at radius 3 is 2.61 bits per heavy atom. The minimum absolute atomic E-state index is 0.191. The number of hydrogen-bond donors (Lipinski definition) is 2. The molecule has 0 aliphatic rings. The van der Waals surface area contributed by atoms with Crippen LogP contribution in [0, 0.1) is 19.4 Å². The topological polar surface area (TPSA) is 61.9 Å². The molecule has 2 atom stereocenters. The molecule has 0 heterocycles. The van der Waals surface area contributed by atoms with E-state index in [4.69, 9.17) is 23.3 Å². The number of aliphatic carboxylic acids is 1. The highest BCUT2D eigenvalue weighted by atomic mass is 35.5. The van der Waals surface area contributed by atoms with Crippen LogP contribution in [0.5, 0.6) is 0 Å². The van der Waals surface area contributed by atoms with Gasteiger partial charge in [-0.3, -0.25) is 4.79 Å². The predicted molar refractivity (Wildman–Crippen MR) is 69.0 cm³/mol. The van der Waals surface area contributed by atoms with Crippen LogP contribution in [0.3, 0.4) is 0 Å². The normalized spacial score (nSPS) is 13.7. The molecule has 1 aromatic carbocycles. The first-order valence-electron chi connectivity index (χ1n) is 5.44. The molecule has 96 valence electrons. The first kappa shape index (κ1) is 14.5. The van der Waals surface area contributed by atoms with Gasteiger partial charge >= 0.3 is 5.97 Å². The van der Waals surface area contributed by atoms with E-state index in [0.717, 1.165) is 5.56 Å². The molecule has 2 N–H and O–H groups in total. The first-order chi connectivity index (χ1) is 8.38. The van der Waals surface area contributed by atoms with Crippen LogP contribution in [-0.2, 0) is 11.2 Å². The molecular weight excluding hydrogens is 254 g/mol. The number of carboxylic acids is 1. The van der Waals surface area contributed by atoms with Crippen molar-refractivity contribution in [2.45, 2.75) is 26.4 Å². The maximum atomic E-state index is 11.0. The molecule has 0 saturated heterocycles. The molecule has 0 aliphatic carbocycles. The van der Waals surface area contributed by atoms with E-state index in [1.165, 1.54) is 6.92 Å². The second kappa shape index (κ2) is 5.85. The van der Waals surface area contributed by atoms with Crippen molar-refractivity contribution < 1.29 is 15.0 Å². The summed E-state index contributed by atoms with van der Waals surface area (Å²) in [6.07, 6.45) is -0.752. The Labute approximate surface area is 111 Å². The third-order valence-electron chi connectivity index (χ3n) is 2.94. The van der Waals surface area contributed by atoms with Gasteiger partial charge in [-0.1, -0.05) is 23.7 Å². The van der Waals surface area contributed by atoms with Crippen molar-refractivity contribution in [1.29, 1.82) is 0 Å². The largest absolute Gasteiger partial charge is 0.481 e. The van der Waals surface area contributed by atoms with Crippen molar-refractivity contribution in [1.82, 2.24) is 0 Å². The van der Waals surface area contributed by atoms with Gasteiger partial charge in [-0.15, -0.1) is 0 Å². The van der Waals surface area contributed by atoms with Crippen LogP contribution in [0.1, 0.15) is 18.1 Å². The zero-order chi connectivity index (χ0) is 13.9. The highest BCUT2D eigenvalue weighted by Crippen LogP contribution is 2.31. The highest BCUT2D eigenvalue weighted by molar-refractivity contribution is 6.34. The molecule has 0 unspecified atom stereocenters. The molecule has 0 saturated carbocycles.